The van der Waals surface area contributed by atoms with Gasteiger partial charge in [0.1, 0.15) is 5.75 Å². The zero-order valence-corrected chi connectivity index (χ0v) is 12.6. The van der Waals surface area contributed by atoms with Crippen molar-refractivity contribution in [2.45, 2.75) is 12.7 Å². The Labute approximate surface area is 119 Å². The number of benzene rings is 1. The molecule has 5 nitrogen and oxygen atoms in total. The summed E-state index contributed by atoms with van der Waals surface area (Å²) in [4.78, 5) is 0.147. The third-order valence-electron chi connectivity index (χ3n) is 2.41. The summed E-state index contributed by atoms with van der Waals surface area (Å²) in [7, 11) is -1.97. The van der Waals surface area contributed by atoms with E-state index in [1.165, 1.54) is 7.05 Å². The summed E-state index contributed by atoms with van der Waals surface area (Å²) in [5.41, 5.74) is 6.02. The first-order valence-electron chi connectivity index (χ1n) is 5.79. The van der Waals surface area contributed by atoms with Crippen LogP contribution in [0.25, 0.3) is 0 Å². The van der Waals surface area contributed by atoms with Crippen molar-refractivity contribution in [2.75, 3.05) is 20.2 Å². The monoisotopic (exact) mass is 302 g/mol. The van der Waals surface area contributed by atoms with E-state index in [2.05, 4.69) is 0 Å². The summed E-state index contributed by atoms with van der Waals surface area (Å²) >= 11 is 4.71. The van der Waals surface area contributed by atoms with Gasteiger partial charge in [-0.1, -0.05) is 24.4 Å². The minimum absolute atomic E-state index is 0.0445. The molecule has 0 saturated carbocycles. The molecule has 0 aliphatic carbocycles. The van der Waals surface area contributed by atoms with Crippen molar-refractivity contribution in [2.24, 2.45) is 5.73 Å². The van der Waals surface area contributed by atoms with Crippen LogP contribution in [-0.4, -0.2) is 37.9 Å². The van der Waals surface area contributed by atoms with Gasteiger partial charge in [-0.25, -0.2) is 8.42 Å². The fraction of sp³-hybridized carbons (Fsp3) is 0.417. The zero-order chi connectivity index (χ0) is 14.5. The Morgan fingerprint density at radius 2 is 2.16 bits per heavy atom. The molecular weight excluding hydrogens is 284 g/mol. The fourth-order valence-corrected chi connectivity index (χ4v) is 2.96. The molecule has 106 valence electrons. The molecule has 19 heavy (non-hydrogen) atoms. The lowest BCUT2D eigenvalue weighted by Crippen LogP contribution is -2.35. The number of nitrogens with zero attached hydrogens (tertiary/aromatic N) is 1. The molecule has 1 aromatic carbocycles. The van der Waals surface area contributed by atoms with Gasteiger partial charge in [-0.05, 0) is 24.6 Å². The average Bonchev–Trinajstić information content (AvgIpc) is 2.28. The average molecular weight is 302 g/mol. The van der Waals surface area contributed by atoms with E-state index in [1.54, 1.807) is 24.3 Å². The van der Waals surface area contributed by atoms with E-state index in [0.29, 0.717) is 17.9 Å². The van der Waals surface area contributed by atoms with Gasteiger partial charge in [0.25, 0.3) is 0 Å². The molecular formula is C12H18N2O3S2. The molecule has 0 aliphatic rings. The normalized spacial score (nSPS) is 11.5. The number of thiocarbonyl (C=S) groups is 1. The van der Waals surface area contributed by atoms with E-state index >= 15 is 0 Å². The van der Waals surface area contributed by atoms with Crippen molar-refractivity contribution in [3.05, 3.63) is 29.8 Å². The third kappa shape index (κ3) is 5.14. The molecule has 7 heteroatoms. The summed E-state index contributed by atoms with van der Waals surface area (Å²) in [5.74, 6) is 0.555. The highest BCUT2D eigenvalue weighted by Gasteiger charge is 2.19. The van der Waals surface area contributed by atoms with Crippen LogP contribution in [-0.2, 0) is 15.8 Å². The summed E-state index contributed by atoms with van der Waals surface area (Å²) < 4.78 is 30.6. The highest BCUT2D eigenvalue weighted by molar-refractivity contribution is 7.88. The lowest BCUT2D eigenvalue weighted by molar-refractivity contribution is 0.340. The number of rotatable bonds is 7. The van der Waals surface area contributed by atoms with E-state index in [4.69, 9.17) is 22.7 Å². The fourth-order valence-electron chi connectivity index (χ4n) is 1.53. The molecule has 0 aromatic heterocycles. The second-order valence-corrected chi connectivity index (χ2v) is 6.66. The number of hydrogen-bond donors (Lipinski definition) is 1. The number of hydrogen-bond acceptors (Lipinski definition) is 4. The second kappa shape index (κ2) is 6.83. The van der Waals surface area contributed by atoms with Gasteiger partial charge in [0.2, 0.25) is 10.0 Å². The number of sulfonamides is 1. The predicted octanol–water partition coefficient (Wildman–Crippen LogP) is 1.13. The Kier molecular flexibility index (Phi) is 5.71. The van der Waals surface area contributed by atoms with Crippen molar-refractivity contribution in [3.8, 4) is 5.75 Å². The van der Waals surface area contributed by atoms with Crippen LogP contribution >= 0.6 is 12.2 Å². The maximum atomic E-state index is 12.1. The first-order valence-corrected chi connectivity index (χ1v) is 7.81. The molecule has 0 heterocycles. The van der Waals surface area contributed by atoms with E-state index in [-0.39, 0.29) is 17.3 Å². The third-order valence-corrected chi connectivity index (χ3v) is 4.32. The van der Waals surface area contributed by atoms with Gasteiger partial charge in [-0.2, -0.15) is 4.31 Å². The number of ether oxygens (including phenoxy) is 1. The highest BCUT2D eigenvalue weighted by Crippen LogP contribution is 2.16. The van der Waals surface area contributed by atoms with Crippen molar-refractivity contribution < 1.29 is 13.2 Å². The summed E-state index contributed by atoms with van der Waals surface area (Å²) in [6, 6.07) is 7.02. The lowest BCUT2D eigenvalue weighted by Gasteiger charge is -2.16. The maximum absolute atomic E-state index is 12.1. The maximum Gasteiger partial charge on any atom is 0.218 e. The minimum atomic E-state index is -3.43. The van der Waals surface area contributed by atoms with Crippen LogP contribution in [0.2, 0.25) is 0 Å². The van der Waals surface area contributed by atoms with Crippen LogP contribution in [0.4, 0.5) is 0 Å². The topological polar surface area (TPSA) is 72.6 Å². The molecule has 0 bridgehead atoms. The number of likely N-dealkylation sites (N-methyl/N-ethyl adjacent to an activating group) is 1. The quantitative estimate of drug-likeness (QED) is 0.765. The molecule has 0 radical (unpaired) electrons. The molecule has 0 unspecified atom stereocenters. The Hall–Kier alpha value is -1.18. The Morgan fingerprint density at radius 1 is 1.47 bits per heavy atom. The van der Waals surface area contributed by atoms with Gasteiger partial charge in [0, 0.05) is 7.05 Å². The van der Waals surface area contributed by atoms with Crippen LogP contribution in [0.5, 0.6) is 5.75 Å². The van der Waals surface area contributed by atoms with Crippen molar-refractivity contribution in [3.63, 3.8) is 0 Å². The van der Waals surface area contributed by atoms with Crippen molar-refractivity contribution >= 4 is 27.2 Å². The second-order valence-electron chi connectivity index (χ2n) is 4.06. The molecule has 0 saturated heterocycles. The Bertz CT molecular complexity index is 544. The number of nitrogens with two attached hydrogens (primary N) is 1. The van der Waals surface area contributed by atoms with Crippen LogP contribution in [0.3, 0.4) is 0 Å². The van der Waals surface area contributed by atoms with Gasteiger partial charge >= 0.3 is 0 Å². The molecule has 1 rings (SSSR count). The molecule has 0 atom stereocenters. The van der Waals surface area contributed by atoms with E-state index in [9.17, 15) is 8.42 Å². The first kappa shape index (κ1) is 15.9. The van der Waals surface area contributed by atoms with Crippen molar-refractivity contribution in [1.29, 1.82) is 0 Å². The van der Waals surface area contributed by atoms with E-state index in [0.717, 1.165) is 4.31 Å². The zero-order valence-electron chi connectivity index (χ0n) is 11.0. The highest BCUT2D eigenvalue weighted by atomic mass is 32.2. The van der Waals surface area contributed by atoms with E-state index < -0.39 is 10.0 Å². The molecule has 0 fully saturated rings. The molecule has 0 aliphatic heterocycles. The largest absolute Gasteiger partial charge is 0.494 e. The minimum Gasteiger partial charge on any atom is -0.494 e. The molecule has 0 amide bonds. The standard InChI is InChI=1S/C12H18N2O3S2/c1-3-17-11-6-4-5-10(7-11)9-19(15,16)14(2)8-12(13)18/h4-7H,3,8-9H2,1-2H3,(H2,13,18). The van der Waals surface area contributed by atoms with Crippen molar-refractivity contribution in [1.82, 2.24) is 4.31 Å². The SMILES string of the molecule is CCOc1cccc(CS(=O)(=O)N(C)CC(N)=S)c1. The van der Waals surface area contributed by atoms with Crippen LogP contribution in [0.1, 0.15) is 12.5 Å². The van der Waals surface area contributed by atoms with Gasteiger partial charge < -0.3 is 10.5 Å². The van der Waals surface area contributed by atoms with E-state index in [1.807, 2.05) is 6.92 Å². The van der Waals surface area contributed by atoms with Gasteiger partial charge in [-0.15, -0.1) is 0 Å². The summed E-state index contributed by atoms with van der Waals surface area (Å²) in [6.07, 6.45) is 0. The Balaban J connectivity index is 2.83. The Morgan fingerprint density at radius 3 is 2.74 bits per heavy atom. The first-order chi connectivity index (χ1) is 8.85. The molecule has 2 N–H and O–H groups in total. The summed E-state index contributed by atoms with van der Waals surface area (Å²) in [5, 5.41) is 0. The van der Waals surface area contributed by atoms with Gasteiger partial charge in [0.05, 0.1) is 23.9 Å². The van der Waals surface area contributed by atoms with Gasteiger partial charge in [0.15, 0.2) is 0 Å². The lowest BCUT2D eigenvalue weighted by atomic mass is 10.2. The van der Waals surface area contributed by atoms with Gasteiger partial charge in [-0.3, -0.25) is 0 Å². The molecule has 1 aromatic rings. The van der Waals surface area contributed by atoms with Crippen LogP contribution < -0.4 is 10.5 Å². The van der Waals surface area contributed by atoms with Crippen LogP contribution in [0, 0.1) is 0 Å². The predicted molar refractivity (Wildman–Crippen MR) is 79.7 cm³/mol. The molecule has 0 spiro atoms. The van der Waals surface area contributed by atoms with Crippen LogP contribution in [0.15, 0.2) is 24.3 Å². The summed E-state index contributed by atoms with van der Waals surface area (Å²) in [6.45, 7) is 2.46. The smallest absolute Gasteiger partial charge is 0.218 e.